The van der Waals surface area contributed by atoms with Gasteiger partial charge in [-0.25, -0.2) is 0 Å². The predicted octanol–water partition coefficient (Wildman–Crippen LogP) is 4.25. The van der Waals surface area contributed by atoms with E-state index in [1.165, 1.54) is 6.07 Å². The van der Waals surface area contributed by atoms with Gasteiger partial charge in [-0.05, 0) is 74.1 Å². The Morgan fingerprint density at radius 2 is 1.74 bits per heavy atom. The van der Waals surface area contributed by atoms with Crippen LogP contribution in [0, 0.1) is 30.6 Å². The summed E-state index contributed by atoms with van der Waals surface area (Å²) >= 11 is 0. The van der Waals surface area contributed by atoms with Crippen LogP contribution in [0.3, 0.4) is 0 Å². The fourth-order valence-corrected chi connectivity index (χ4v) is 5.45. The van der Waals surface area contributed by atoms with Gasteiger partial charge < -0.3 is 15.0 Å². The number of alkyl halides is 3. The van der Waals surface area contributed by atoms with Crippen LogP contribution in [-0.2, 0) is 20.5 Å². The summed E-state index contributed by atoms with van der Waals surface area (Å²) in [5, 5.41) is 2.79. The molecule has 2 aliphatic heterocycles. The zero-order valence-corrected chi connectivity index (χ0v) is 17.7. The average Bonchev–Trinajstić information content (AvgIpc) is 2.96. The maximum Gasteiger partial charge on any atom is 0.416 e. The number of aryl methyl sites for hydroxylation is 1. The second-order valence-corrected chi connectivity index (χ2v) is 9.17. The van der Waals surface area contributed by atoms with E-state index in [-0.39, 0.29) is 23.7 Å². The van der Waals surface area contributed by atoms with E-state index < -0.39 is 11.7 Å². The molecule has 0 unspecified atom stereocenters. The minimum Gasteiger partial charge on any atom is -0.381 e. The molecule has 4 rings (SSSR count). The van der Waals surface area contributed by atoms with Crippen molar-refractivity contribution in [2.75, 3.05) is 31.6 Å². The zero-order valence-electron chi connectivity index (χ0n) is 17.7. The minimum atomic E-state index is -4.40. The quantitative estimate of drug-likeness (QED) is 0.765. The van der Waals surface area contributed by atoms with Gasteiger partial charge in [-0.15, -0.1) is 0 Å². The summed E-state index contributed by atoms with van der Waals surface area (Å²) in [6.07, 6.45) is -0.470. The summed E-state index contributed by atoms with van der Waals surface area (Å²) < 4.78 is 43.9. The highest BCUT2D eigenvalue weighted by molar-refractivity contribution is 5.91. The standard InChI is InChI=1S/C23H29F3N2O3/c1-14-10-18(23(24,25)26)4-5-20(14)27-21(29)11-19-16-2-3-17(19)13-28(12-16)22(30)15-6-8-31-9-7-15/h4-5,10,15-17,19H,2-3,6-9,11-13H2,1H3,(H,27,29)/t16-,17-/m1/s1. The third kappa shape index (κ3) is 4.89. The van der Waals surface area contributed by atoms with Gasteiger partial charge in [-0.2, -0.15) is 13.2 Å². The smallest absolute Gasteiger partial charge is 0.381 e. The highest BCUT2D eigenvalue weighted by Gasteiger charge is 2.44. The van der Waals surface area contributed by atoms with Crippen LogP contribution in [0.5, 0.6) is 0 Å². The fraction of sp³-hybridized carbons (Fsp3) is 0.652. The van der Waals surface area contributed by atoms with Crippen LogP contribution in [0.2, 0.25) is 0 Å². The van der Waals surface area contributed by atoms with Crippen LogP contribution in [0.15, 0.2) is 18.2 Å². The van der Waals surface area contributed by atoms with Crippen molar-refractivity contribution >= 4 is 17.5 Å². The second-order valence-electron chi connectivity index (χ2n) is 9.17. The fourth-order valence-electron chi connectivity index (χ4n) is 5.45. The summed E-state index contributed by atoms with van der Waals surface area (Å²) in [5.74, 6) is 0.936. The number of nitrogens with zero attached hydrogens (tertiary/aromatic N) is 1. The largest absolute Gasteiger partial charge is 0.416 e. The number of fused-ring (bicyclic) bond motifs is 2. The first kappa shape index (κ1) is 22.1. The molecule has 2 amide bonds. The van der Waals surface area contributed by atoms with E-state index >= 15 is 0 Å². The van der Waals surface area contributed by atoms with Crippen LogP contribution in [0.25, 0.3) is 0 Å². The van der Waals surface area contributed by atoms with Gasteiger partial charge in [0.15, 0.2) is 0 Å². The summed E-state index contributed by atoms with van der Waals surface area (Å²) in [4.78, 5) is 27.6. The number of piperidine rings is 1. The molecule has 1 aliphatic carbocycles. The first-order chi connectivity index (χ1) is 14.7. The Kier molecular flexibility index (Phi) is 6.28. The van der Waals surface area contributed by atoms with Crippen molar-refractivity contribution < 1.29 is 27.5 Å². The van der Waals surface area contributed by atoms with Crippen LogP contribution in [0.1, 0.15) is 43.2 Å². The molecule has 1 aromatic rings. The van der Waals surface area contributed by atoms with Gasteiger partial charge in [0.1, 0.15) is 0 Å². The van der Waals surface area contributed by atoms with Crippen molar-refractivity contribution in [3.63, 3.8) is 0 Å². The number of carbonyl (C=O) groups is 2. The lowest BCUT2D eigenvalue weighted by molar-refractivity contribution is -0.142. The number of halogens is 3. The molecule has 8 heteroatoms. The topological polar surface area (TPSA) is 58.6 Å². The molecule has 2 bridgehead atoms. The van der Waals surface area contributed by atoms with Crippen molar-refractivity contribution in [1.82, 2.24) is 4.90 Å². The average molecular weight is 438 g/mol. The number of nitrogens with one attached hydrogen (secondary N) is 1. The molecule has 0 aromatic heterocycles. The molecule has 0 spiro atoms. The number of hydrogen-bond donors (Lipinski definition) is 1. The molecule has 2 atom stereocenters. The molecular formula is C23H29F3N2O3. The van der Waals surface area contributed by atoms with Crippen LogP contribution >= 0.6 is 0 Å². The van der Waals surface area contributed by atoms with E-state index in [0.29, 0.717) is 55.8 Å². The molecule has 3 fully saturated rings. The van der Waals surface area contributed by atoms with Crippen molar-refractivity contribution in [3.8, 4) is 0 Å². The minimum absolute atomic E-state index is 0.0515. The Hall–Kier alpha value is -2.09. The Bertz CT molecular complexity index is 822. The van der Waals surface area contributed by atoms with Crippen molar-refractivity contribution in [2.45, 2.75) is 45.2 Å². The SMILES string of the molecule is Cc1cc(C(F)(F)F)ccc1NC(=O)CC1[C@@H]2CC[C@@H]1CN(C(=O)C1CCOCC1)C2. The highest BCUT2D eigenvalue weighted by Crippen LogP contribution is 2.44. The molecule has 31 heavy (non-hydrogen) atoms. The van der Waals surface area contributed by atoms with Gasteiger partial charge in [-0.3, -0.25) is 9.59 Å². The first-order valence-electron chi connectivity index (χ1n) is 11.1. The molecule has 2 saturated heterocycles. The molecular weight excluding hydrogens is 409 g/mol. The van der Waals surface area contributed by atoms with E-state index in [9.17, 15) is 22.8 Å². The third-order valence-electron chi connectivity index (χ3n) is 7.16. The van der Waals surface area contributed by atoms with E-state index in [4.69, 9.17) is 4.74 Å². The number of carbonyl (C=O) groups excluding carboxylic acids is 2. The van der Waals surface area contributed by atoms with E-state index in [1.807, 2.05) is 4.90 Å². The molecule has 2 heterocycles. The van der Waals surface area contributed by atoms with E-state index in [0.717, 1.165) is 37.8 Å². The Morgan fingerprint density at radius 1 is 1.10 bits per heavy atom. The van der Waals surface area contributed by atoms with Gasteiger partial charge in [0, 0.05) is 44.3 Å². The molecule has 5 nitrogen and oxygen atoms in total. The monoisotopic (exact) mass is 438 g/mol. The summed E-state index contributed by atoms with van der Waals surface area (Å²) in [6.45, 7) is 4.25. The summed E-state index contributed by atoms with van der Waals surface area (Å²) in [6, 6.07) is 3.37. The number of likely N-dealkylation sites (tertiary alicyclic amines) is 1. The van der Waals surface area contributed by atoms with Crippen molar-refractivity contribution in [3.05, 3.63) is 29.3 Å². The van der Waals surface area contributed by atoms with Crippen LogP contribution in [0.4, 0.5) is 18.9 Å². The van der Waals surface area contributed by atoms with Crippen molar-refractivity contribution in [1.29, 1.82) is 0 Å². The Balaban J connectivity index is 1.34. The van der Waals surface area contributed by atoms with E-state index in [1.54, 1.807) is 6.92 Å². The van der Waals surface area contributed by atoms with Gasteiger partial charge in [-0.1, -0.05) is 0 Å². The molecule has 1 N–H and O–H groups in total. The molecule has 170 valence electrons. The second kappa shape index (κ2) is 8.81. The number of ether oxygens (including phenoxy) is 1. The summed E-state index contributed by atoms with van der Waals surface area (Å²) in [5.41, 5.74) is 0.0862. The number of rotatable bonds is 4. The van der Waals surface area contributed by atoms with Gasteiger partial charge >= 0.3 is 6.18 Å². The third-order valence-corrected chi connectivity index (χ3v) is 7.16. The lowest BCUT2D eigenvalue weighted by atomic mass is 9.81. The first-order valence-corrected chi connectivity index (χ1v) is 11.1. The van der Waals surface area contributed by atoms with E-state index in [2.05, 4.69) is 5.32 Å². The number of benzene rings is 1. The molecule has 1 saturated carbocycles. The number of anilines is 1. The Morgan fingerprint density at radius 3 is 2.32 bits per heavy atom. The number of amides is 2. The lowest BCUT2D eigenvalue weighted by Gasteiger charge is -2.39. The van der Waals surface area contributed by atoms with Gasteiger partial charge in [0.05, 0.1) is 5.56 Å². The number of hydrogen-bond acceptors (Lipinski definition) is 3. The predicted molar refractivity (Wildman–Crippen MR) is 109 cm³/mol. The normalized spacial score (nSPS) is 26.7. The highest BCUT2D eigenvalue weighted by atomic mass is 19.4. The van der Waals surface area contributed by atoms with Crippen LogP contribution in [-0.4, -0.2) is 43.0 Å². The maximum atomic E-state index is 12.9. The van der Waals surface area contributed by atoms with Gasteiger partial charge in [0.2, 0.25) is 11.8 Å². The van der Waals surface area contributed by atoms with Crippen LogP contribution < -0.4 is 5.32 Å². The lowest BCUT2D eigenvalue weighted by Crippen LogP contribution is -2.48. The summed E-state index contributed by atoms with van der Waals surface area (Å²) in [7, 11) is 0. The molecule has 3 aliphatic rings. The molecule has 1 aromatic carbocycles. The van der Waals surface area contributed by atoms with Crippen molar-refractivity contribution in [2.24, 2.45) is 23.7 Å². The zero-order chi connectivity index (χ0) is 22.2. The maximum absolute atomic E-state index is 12.9. The van der Waals surface area contributed by atoms with Gasteiger partial charge in [0.25, 0.3) is 0 Å². The Labute approximate surface area is 180 Å². The molecule has 0 radical (unpaired) electrons.